The van der Waals surface area contributed by atoms with E-state index in [0.717, 1.165) is 5.56 Å². The van der Waals surface area contributed by atoms with Gasteiger partial charge in [0.05, 0.1) is 22.1 Å². The molecule has 0 radical (unpaired) electrons. The number of ether oxygens (including phenoxy) is 1. The van der Waals surface area contributed by atoms with E-state index >= 15 is 0 Å². The van der Waals surface area contributed by atoms with Crippen LogP contribution in [-0.4, -0.2) is 26.9 Å². The van der Waals surface area contributed by atoms with E-state index in [-0.39, 0.29) is 33.3 Å². The monoisotopic (exact) mass is 472 g/mol. The summed E-state index contributed by atoms with van der Waals surface area (Å²) in [5, 5.41) is 2.81. The summed E-state index contributed by atoms with van der Waals surface area (Å²) in [6.45, 7) is 3.77. The summed E-state index contributed by atoms with van der Waals surface area (Å²) in [7, 11) is -3.80. The lowest BCUT2D eigenvalue weighted by Gasteiger charge is -2.11. The second kappa shape index (κ2) is 9.84. The molecular formula is C23H21ClN2O5S. The molecule has 0 unspecified atom stereocenters. The molecule has 0 fully saturated rings. The minimum atomic E-state index is -3.80. The zero-order valence-electron chi connectivity index (χ0n) is 17.4. The molecule has 0 saturated heterocycles. The van der Waals surface area contributed by atoms with E-state index in [2.05, 4.69) is 10.0 Å². The molecule has 0 atom stereocenters. The molecule has 32 heavy (non-hydrogen) atoms. The van der Waals surface area contributed by atoms with Crippen LogP contribution in [0.15, 0.2) is 71.6 Å². The predicted octanol–water partition coefficient (Wildman–Crippen LogP) is 4.88. The number of sulfonamides is 1. The Morgan fingerprint density at radius 2 is 1.69 bits per heavy atom. The molecule has 7 nitrogen and oxygen atoms in total. The number of anilines is 2. The van der Waals surface area contributed by atoms with Crippen molar-refractivity contribution in [3.8, 4) is 0 Å². The van der Waals surface area contributed by atoms with Crippen molar-refractivity contribution in [1.29, 1.82) is 0 Å². The van der Waals surface area contributed by atoms with Crippen LogP contribution in [0.25, 0.3) is 0 Å². The van der Waals surface area contributed by atoms with Gasteiger partial charge >= 0.3 is 5.97 Å². The highest BCUT2D eigenvalue weighted by atomic mass is 35.5. The SMILES string of the molecule is CCOC(=O)c1ccc(NC(=O)c2cccc(NS(=O)(=O)c3ccc(C)cc3)c2)cc1Cl. The largest absolute Gasteiger partial charge is 0.462 e. The molecule has 0 saturated carbocycles. The molecule has 166 valence electrons. The molecule has 2 N–H and O–H groups in total. The van der Waals surface area contributed by atoms with Crippen molar-refractivity contribution >= 4 is 44.9 Å². The molecule has 1 amide bonds. The number of aryl methyl sites for hydroxylation is 1. The fraction of sp³-hybridized carbons (Fsp3) is 0.130. The fourth-order valence-corrected chi connectivity index (χ4v) is 4.13. The molecule has 0 aromatic heterocycles. The van der Waals surface area contributed by atoms with E-state index in [1.165, 1.54) is 36.4 Å². The second-order valence-electron chi connectivity index (χ2n) is 6.87. The Balaban J connectivity index is 1.75. The van der Waals surface area contributed by atoms with Crippen LogP contribution in [0.4, 0.5) is 11.4 Å². The lowest BCUT2D eigenvalue weighted by molar-refractivity contribution is 0.0526. The van der Waals surface area contributed by atoms with Crippen molar-refractivity contribution in [1.82, 2.24) is 0 Å². The Labute approximate surface area is 191 Å². The fourth-order valence-electron chi connectivity index (χ4n) is 2.83. The highest BCUT2D eigenvalue weighted by Crippen LogP contribution is 2.23. The molecule has 0 heterocycles. The number of carbonyl (C=O) groups is 2. The Bertz CT molecular complexity index is 1260. The molecule has 0 spiro atoms. The van der Waals surface area contributed by atoms with Gasteiger partial charge in [0.15, 0.2) is 0 Å². The molecule has 0 bridgehead atoms. The molecule has 3 aromatic rings. The molecule has 9 heteroatoms. The van der Waals surface area contributed by atoms with Gasteiger partial charge in [0.25, 0.3) is 15.9 Å². The minimum Gasteiger partial charge on any atom is -0.462 e. The Morgan fingerprint density at radius 1 is 0.969 bits per heavy atom. The maximum absolute atomic E-state index is 12.6. The number of hydrogen-bond donors (Lipinski definition) is 2. The van der Waals surface area contributed by atoms with E-state index in [1.807, 2.05) is 6.92 Å². The van der Waals surface area contributed by atoms with Crippen LogP contribution < -0.4 is 10.0 Å². The van der Waals surface area contributed by atoms with E-state index in [9.17, 15) is 18.0 Å². The standard InChI is InChI=1S/C23H21ClN2O5S/c1-3-31-23(28)20-12-9-17(14-21(20)24)25-22(27)16-5-4-6-18(13-16)26-32(29,30)19-10-7-15(2)8-11-19/h4-14,26H,3H2,1-2H3,(H,25,27). The summed E-state index contributed by atoms with van der Waals surface area (Å²) in [4.78, 5) is 24.6. The van der Waals surface area contributed by atoms with Gasteiger partial charge in [-0.1, -0.05) is 35.4 Å². The lowest BCUT2D eigenvalue weighted by atomic mass is 10.1. The van der Waals surface area contributed by atoms with Gasteiger partial charge in [-0.2, -0.15) is 0 Å². The predicted molar refractivity (Wildman–Crippen MR) is 124 cm³/mol. The first-order valence-electron chi connectivity index (χ1n) is 9.67. The van der Waals surface area contributed by atoms with Crippen LogP contribution >= 0.6 is 11.6 Å². The zero-order chi connectivity index (χ0) is 23.3. The number of nitrogens with one attached hydrogen (secondary N) is 2. The summed E-state index contributed by atoms with van der Waals surface area (Å²) in [5.41, 5.74) is 1.99. The van der Waals surface area contributed by atoms with Crippen LogP contribution in [0.5, 0.6) is 0 Å². The number of halogens is 1. The van der Waals surface area contributed by atoms with Crippen molar-refractivity contribution in [2.75, 3.05) is 16.6 Å². The van der Waals surface area contributed by atoms with Crippen molar-refractivity contribution in [2.45, 2.75) is 18.7 Å². The number of esters is 1. The topological polar surface area (TPSA) is 102 Å². The third-order valence-corrected chi connectivity index (χ3v) is 6.14. The highest BCUT2D eigenvalue weighted by molar-refractivity contribution is 7.92. The molecular weight excluding hydrogens is 452 g/mol. The van der Waals surface area contributed by atoms with Gasteiger partial charge in [0.1, 0.15) is 0 Å². The number of amides is 1. The van der Waals surface area contributed by atoms with Crippen LogP contribution in [-0.2, 0) is 14.8 Å². The van der Waals surface area contributed by atoms with E-state index in [0.29, 0.717) is 5.69 Å². The first-order valence-corrected chi connectivity index (χ1v) is 11.5. The average Bonchev–Trinajstić information content (AvgIpc) is 2.74. The van der Waals surface area contributed by atoms with Crippen LogP contribution in [0.1, 0.15) is 33.2 Å². The number of carbonyl (C=O) groups excluding carboxylic acids is 2. The third kappa shape index (κ3) is 5.66. The van der Waals surface area contributed by atoms with Crippen molar-refractivity contribution in [3.63, 3.8) is 0 Å². The quantitative estimate of drug-likeness (QED) is 0.477. The van der Waals surface area contributed by atoms with Crippen LogP contribution in [0.2, 0.25) is 5.02 Å². The van der Waals surface area contributed by atoms with Crippen LogP contribution in [0.3, 0.4) is 0 Å². The van der Waals surface area contributed by atoms with Crippen molar-refractivity contribution in [2.24, 2.45) is 0 Å². The summed E-state index contributed by atoms with van der Waals surface area (Å²) >= 11 is 6.13. The summed E-state index contributed by atoms with van der Waals surface area (Å²) in [6.07, 6.45) is 0. The summed E-state index contributed by atoms with van der Waals surface area (Å²) in [6, 6.07) is 17.0. The van der Waals surface area contributed by atoms with Gasteiger partial charge in [-0.15, -0.1) is 0 Å². The smallest absolute Gasteiger partial charge is 0.339 e. The minimum absolute atomic E-state index is 0.120. The Kier molecular flexibility index (Phi) is 7.17. The van der Waals surface area contributed by atoms with Gasteiger partial charge in [0.2, 0.25) is 0 Å². The van der Waals surface area contributed by atoms with Gasteiger partial charge in [0, 0.05) is 16.9 Å². The number of rotatable bonds is 7. The first-order chi connectivity index (χ1) is 15.2. The molecule has 3 rings (SSSR count). The maximum atomic E-state index is 12.6. The van der Waals surface area contributed by atoms with Gasteiger partial charge in [-0.25, -0.2) is 13.2 Å². The highest BCUT2D eigenvalue weighted by Gasteiger charge is 2.16. The molecule has 3 aromatic carbocycles. The van der Waals surface area contributed by atoms with E-state index < -0.39 is 21.9 Å². The first kappa shape index (κ1) is 23.3. The van der Waals surface area contributed by atoms with Crippen molar-refractivity contribution < 1.29 is 22.7 Å². The lowest BCUT2D eigenvalue weighted by Crippen LogP contribution is -2.15. The summed E-state index contributed by atoms with van der Waals surface area (Å²) in [5.74, 6) is -1.02. The van der Waals surface area contributed by atoms with E-state index in [1.54, 1.807) is 37.3 Å². The molecule has 0 aliphatic rings. The van der Waals surface area contributed by atoms with E-state index in [4.69, 9.17) is 16.3 Å². The number of benzene rings is 3. The average molecular weight is 473 g/mol. The van der Waals surface area contributed by atoms with Gasteiger partial charge in [-0.05, 0) is 62.4 Å². The third-order valence-electron chi connectivity index (χ3n) is 4.43. The zero-order valence-corrected chi connectivity index (χ0v) is 19.0. The van der Waals surface area contributed by atoms with Crippen LogP contribution in [0, 0.1) is 6.92 Å². The van der Waals surface area contributed by atoms with Gasteiger partial charge < -0.3 is 10.1 Å². The molecule has 0 aliphatic carbocycles. The normalized spacial score (nSPS) is 11.0. The Hall–Kier alpha value is -3.36. The Morgan fingerprint density at radius 3 is 2.34 bits per heavy atom. The van der Waals surface area contributed by atoms with Crippen molar-refractivity contribution in [3.05, 3.63) is 88.4 Å². The second-order valence-corrected chi connectivity index (χ2v) is 8.96. The number of hydrogen-bond acceptors (Lipinski definition) is 5. The summed E-state index contributed by atoms with van der Waals surface area (Å²) < 4.78 is 32.6. The van der Waals surface area contributed by atoms with Gasteiger partial charge in [-0.3, -0.25) is 9.52 Å². The molecule has 0 aliphatic heterocycles. The maximum Gasteiger partial charge on any atom is 0.339 e.